The van der Waals surface area contributed by atoms with Gasteiger partial charge in [0.05, 0.1) is 6.54 Å². The van der Waals surface area contributed by atoms with Crippen LogP contribution in [0.25, 0.3) is 0 Å². The highest BCUT2D eigenvalue weighted by Crippen LogP contribution is 2.19. The van der Waals surface area contributed by atoms with Crippen molar-refractivity contribution in [2.24, 2.45) is 12.0 Å². The Hall–Kier alpha value is -2.41. The molecule has 0 fully saturated rings. The molecule has 1 aliphatic heterocycles. The largest absolute Gasteiger partial charge is 0.355 e. The predicted octanol–water partition coefficient (Wildman–Crippen LogP) is 0.927. The van der Waals surface area contributed by atoms with E-state index in [4.69, 9.17) is 0 Å². The Morgan fingerprint density at radius 1 is 1.28 bits per heavy atom. The number of hydrogen-bond acceptors (Lipinski definition) is 4. The summed E-state index contributed by atoms with van der Waals surface area (Å²) < 4.78 is 1.76. The average Bonchev–Trinajstić information content (AvgIpc) is 3.06. The zero-order valence-corrected chi connectivity index (χ0v) is 15.2. The Kier molecular flexibility index (Phi) is 5.65. The maximum atomic E-state index is 4.29. The summed E-state index contributed by atoms with van der Waals surface area (Å²) in [6, 6.07) is 9.17. The van der Waals surface area contributed by atoms with Gasteiger partial charge in [0.2, 0.25) is 0 Å². The second-order valence-corrected chi connectivity index (χ2v) is 6.44. The van der Waals surface area contributed by atoms with Crippen LogP contribution < -0.4 is 10.6 Å². The number of nitrogens with zero attached hydrogens (tertiary/aromatic N) is 5. The highest BCUT2D eigenvalue weighted by atomic mass is 15.3. The molecule has 3 rings (SSSR count). The minimum Gasteiger partial charge on any atom is -0.355 e. The van der Waals surface area contributed by atoms with Gasteiger partial charge in [-0.2, -0.15) is 5.10 Å². The first-order valence-electron chi connectivity index (χ1n) is 8.75. The van der Waals surface area contributed by atoms with Crippen LogP contribution in [0, 0.1) is 0 Å². The molecule has 0 radical (unpaired) electrons. The Labute approximate surface area is 149 Å². The smallest absolute Gasteiger partial charge is 0.191 e. The van der Waals surface area contributed by atoms with Gasteiger partial charge >= 0.3 is 0 Å². The lowest BCUT2D eigenvalue weighted by molar-refractivity contribution is 0.191. The first-order chi connectivity index (χ1) is 12.2. The van der Waals surface area contributed by atoms with Crippen LogP contribution in [0.3, 0.4) is 0 Å². The van der Waals surface area contributed by atoms with Crippen LogP contribution in [0.2, 0.25) is 0 Å². The van der Waals surface area contributed by atoms with E-state index in [9.17, 15) is 0 Å². The van der Waals surface area contributed by atoms with Gasteiger partial charge in [0.25, 0.3) is 0 Å². The third-order valence-electron chi connectivity index (χ3n) is 4.79. The summed E-state index contributed by atoms with van der Waals surface area (Å²) in [6.07, 6.45) is 2.68. The van der Waals surface area contributed by atoms with Crippen molar-refractivity contribution in [3.05, 3.63) is 47.5 Å². The fourth-order valence-electron chi connectivity index (χ4n) is 3.13. The molecule has 7 nitrogen and oxygen atoms in total. The van der Waals surface area contributed by atoms with Crippen LogP contribution in [-0.2, 0) is 26.6 Å². The highest BCUT2D eigenvalue weighted by molar-refractivity contribution is 5.79. The summed E-state index contributed by atoms with van der Waals surface area (Å²) >= 11 is 0. The molecule has 1 unspecified atom stereocenters. The number of aliphatic imine (C=N–C) groups is 1. The summed E-state index contributed by atoms with van der Waals surface area (Å²) in [5, 5.41) is 10.8. The highest BCUT2D eigenvalue weighted by Gasteiger charge is 2.20. The van der Waals surface area contributed by atoms with Gasteiger partial charge in [-0.05, 0) is 24.5 Å². The molecule has 0 spiro atoms. The van der Waals surface area contributed by atoms with Crippen molar-refractivity contribution in [2.45, 2.75) is 32.5 Å². The Bertz CT molecular complexity index is 722. The second-order valence-electron chi connectivity index (χ2n) is 6.44. The molecule has 134 valence electrons. The minimum atomic E-state index is 0.432. The van der Waals surface area contributed by atoms with E-state index in [0.29, 0.717) is 12.6 Å². The predicted molar refractivity (Wildman–Crippen MR) is 99.2 cm³/mol. The van der Waals surface area contributed by atoms with Gasteiger partial charge in [-0.25, -0.2) is 4.98 Å². The van der Waals surface area contributed by atoms with Crippen molar-refractivity contribution < 1.29 is 0 Å². The second kappa shape index (κ2) is 8.11. The molecule has 2 heterocycles. The lowest BCUT2D eigenvalue weighted by Gasteiger charge is -2.34. The minimum absolute atomic E-state index is 0.432. The monoisotopic (exact) mass is 341 g/mol. The standard InChI is InChI=1S/C18H27N7/c1-14(25-9-8-15-6-4-5-7-16(15)12-25)10-20-18(19-2)21-11-17-22-13-23-24(17)3/h4-7,13-14H,8-12H2,1-3H3,(H2,19,20,21). The molecular formula is C18H27N7. The van der Waals surface area contributed by atoms with Crippen LogP contribution in [0.5, 0.6) is 0 Å². The maximum absolute atomic E-state index is 4.29. The lowest BCUT2D eigenvalue weighted by atomic mass is 9.99. The number of rotatable bonds is 5. The van der Waals surface area contributed by atoms with Gasteiger partial charge in [-0.1, -0.05) is 24.3 Å². The van der Waals surface area contributed by atoms with Gasteiger partial charge in [0.15, 0.2) is 5.96 Å². The molecule has 0 amide bonds. The van der Waals surface area contributed by atoms with Gasteiger partial charge in [-0.15, -0.1) is 0 Å². The molecule has 25 heavy (non-hydrogen) atoms. The van der Waals surface area contributed by atoms with Gasteiger partial charge in [-0.3, -0.25) is 14.6 Å². The number of hydrogen-bond donors (Lipinski definition) is 2. The third kappa shape index (κ3) is 4.36. The molecule has 0 saturated carbocycles. The molecule has 1 aromatic carbocycles. The molecule has 1 aliphatic rings. The van der Waals surface area contributed by atoms with Crippen molar-refractivity contribution in [1.29, 1.82) is 0 Å². The molecule has 1 atom stereocenters. The zero-order valence-electron chi connectivity index (χ0n) is 15.2. The van der Waals surface area contributed by atoms with E-state index in [1.54, 1.807) is 18.1 Å². The van der Waals surface area contributed by atoms with Gasteiger partial charge < -0.3 is 10.6 Å². The van der Waals surface area contributed by atoms with Crippen LogP contribution in [0.15, 0.2) is 35.6 Å². The van der Waals surface area contributed by atoms with Crippen LogP contribution in [-0.4, -0.2) is 51.8 Å². The van der Waals surface area contributed by atoms with E-state index in [0.717, 1.165) is 37.8 Å². The van der Waals surface area contributed by atoms with E-state index < -0.39 is 0 Å². The normalized spacial score (nSPS) is 16.4. The van der Waals surface area contributed by atoms with Crippen molar-refractivity contribution in [1.82, 2.24) is 30.3 Å². The number of aryl methyl sites for hydroxylation is 1. The molecule has 0 aliphatic carbocycles. The van der Waals surface area contributed by atoms with E-state index in [1.165, 1.54) is 11.1 Å². The number of nitrogens with one attached hydrogen (secondary N) is 2. The molecular weight excluding hydrogens is 314 g/mol. The molecule has 0 bridgehead atoms. The van der Waals surface area contributed by atoms with E-state index in [1.807, 2.05) is 7.05 Å². The van der Waals surface area contributed by atoms with Crippen LogP contribution >= 0.6 is 0 Å². The number of guanidine groups is 1. The quantitative estimate of drug-likeness (QED) is 0.625. The van der Waals surface area contributed by atoms with Crippen molar-refractivity contribution >= 4 is 5.96 Å². The Balaban J connectivity index is 1.48. The number of benzene rings is 1. The molecule has 1 aromatic heterocycles. The molecule has 0 saturated heterocycles. The van der Waals surface area contributed by atoms with E-state index in [2.05, 4.69) is 61.8 Å². The first kappa shape index (κ1) is 17.4. The van der Waals surface area contributed by atoms with Crippen molar-refractivity contribution in [3.8, 4) is 0 Å². The van der Waals surface area contributed by atoms with Gasteiger partial charge in [0, 0.05) is 39.8 Å². The third-order valence-corrected chi connectivity index (χ3v) is 4.79. The maximum Gasteiger partial charge on any atom is 0.191 e. The topological polar surface area (TPSA) is 70.4 Å². The van der Waals surface area contributed by atoms with Crippen LogP contribution in [0.4, 0.5) is 0 Å². The summed E-state index contributed by atoms with van der Waals surface area (Å²) in [7, 11) is 3.67. The summed E-state index contributed by atoms with van der Waals surface area (Å²) in [6.45, 7) is 5.83. The number of fused-ring (bicyclic) bond motifs is 1. The van der Waals surface area contributed by atoms with Crippen molar-refractivity contribution in [3.63, 3.8) is 0 Å². The fraction of sp³-hybridized carbons (Fsp3) is 0.500. The summed E-state index contributed by atoms with van der Waals surface area (Å²) in [5.41, 5.74) is 2.94. The Morgan fingerprint density at radius 2 is 2.08 bits per heavy atom. The van der Waals surface area contributed by atoms with E-state index in [-0.39, 0.29) is 0 Å². The summed E-state index contributed by atoms with van der Waals surface area (Å²) in [4.78, 5) is 11.0. The fourth-order valence-corrected chi connectivity index (χ4v) is 3.13. The number of aromatic nitrogens is 3. The van der Waals surface area contributed by atoms with Crippen molar-refractivity contribution in [2.75, 3.05) is 20.1 Å². The SMILES string of the molecule is CN=C(NCc1ncnn1C)NCC(C)N1CCc2ccccc2C1. The van der Waals surface area contributed by atoms with Gasteiger partial charge in [0.1, 0.15) is 12.2 Å². The first-order valence-corrected chi connectivity index (χ1v) is 8.75. The Morgan fingerprint density at radius 3 is 2.80 bits per heavy atom. The lowest BCUT2D eigenvalue weighted by Crippen LogP contribution is -2.47. The average molecular weight is 341 g/mol. The summed E-state index contributed by atoms with van der Waals surface area (Å²) in [5.74, 6) is 1.66. The molecule has 2 aromatic rings. The van der Waals surface area contributed by atoms with E-state index >= 15 is 0 Å². The zero-order chi connectivity index (χ0) is 17.6. The molecule has 7 heteroatoms. The van der Waals surface area contributed by atoms with Crippen LogP contribution in [0.1, 0.15) is 23.9 Å². The molecule has 2 N–H and O–H groups in total.